The van der Waals surface area contributed by atoms with Crippen molar-refractivity contribution in [3.8, 4) is 0 Å². The maximum Gasteiger partial charge on any atom is 0.313 e. The fraction of sp³-hybridized carbons (Fsp3) is 0.429. The Morgan fingerprint density at radius 2 is 1.78 bits per heavy atom. The summed E-state index contributed by atoms with van der Waals surface area (Å²) < 4.78 is 0. The van der Waals surface area contributed by atoms with Crippen LogP contribution in [0.5, 0.6) is 0 Å². The van der Waals surface area contributed by atoms with Crippen LogP contribution in [-0.4, -0.2) is 22.7 Å². The molecule has 0 aliphatic rings. The number of halogens is 1. The zero-order valence-electron chi connectivity index (χ0n) is 10.6. The Balaban J connectivity index is 2.80. The van der Waals surface area contributed by atoms with Gasteiger partial charge in [-0.2, -0.15) is 0 Å². The number of carboxylic acids is 1. The van der Waals surface area contributed by atoms with Crippen LogP contribution in [-0.2, 0) is 21.4 Å². The molecule has 18 heavy (non-hydrogen) atoms. The first-order chi connectivity index (χ1) is 8.37. The molecule has 0 aliphatic heterocycles. The van der Waals surface area contributed by atoms with Gasteiger partial charge in [0.1, 0.15) is 5.78 Å². The van der Waals surface area contributed by atoms with Gasteiger partial charge < -0.3 is 5.11 Å². The molecule has 1 rings (SSSR count). The van der Waals surface area contributed by atoms with Crippen LogP contribution in [0.3, 0.4) is 0 Å². The quantitative estimate of drug-likeness (QED) is 0.807. The summed E-state index contributed by atoms with van der Waals surface area (Å²) in [5.41, 5.74) is 0.692. The first-order valence-electron chi connectivity index (χ1n) is 5.78. The number of aliphatic carboxylic acids is 1. The Morgan fingerprint density at radius 3 is 2.22 bits per heavy atom. The van der Waals surface area contributed by atoms with Crippen LogP contribution in [0.4, 0.5) is 0 Å². The summed E-state index contributed by atoms with van der Waals surface area (Å²) >= 11 is 5.50. The molecule has 1 aromatic rings. The maximum atomic E-state index is 11.4. The van der Waals surface area contributed by atoms with E-state index in [4.69, 9.17) is 16.7 Å². The number of hydrogen-bond acceptors (Lipinski definition) is 2. The molecule has 0 amide bonds. The molecule has 1 aromatic carbocycles. The Labute approximate surface area is 112 Å². The molecular weight excluding hydrogens is 252 g/mol. The molecule has 0 saturated heterocycles. The highest BCUT2D eigenvalue weighted by atomic mass is 35.5. The minimum atomic E-state index is -0.918. The number of hydrogen-bond donors (Lipinski definition) is 1. The van der Waals surface area contributed by atoms with Crippen LogP contribution >= 0.6 is 11.6 Å². The predicted molar refractivity (Wildman–Crippen MR) is 71.2 cm³/mol. The maximum absolute atomic E-state index is 11.4. The van der Waals surface area contributed by atoms with Gasteiger partial charge in [-0.3, -0.25) is 9.59 Å². The number of alkyl halides is 1. The molecule has 3 nitrogen and oxygen atoms in total. The standard InChI is InChI=1S/C14H17ClO3/c1-14(2,13(17)18)11-5-3-10(4-6-11)9-12(16)7-8-15/h3-6H,7-9H2,1-2H3,(H,17,18). The summed E-state index contributed by atoms with van der Waals surface area (Å²) in [7, 11) is 0. The van der Waals surface area contributed by atoms with E-state index >= 15 is 0 Å². The highest BCUT2D eigenvalue weighted by Gasteiger charge is 2.29. The molecule has 0 unspecified atom stereocenters. The summed E-state index contributed by atoms with van der Waals surface area (Å²) in [5, 5.41) is 9.11. The zero-order valence-corrected chi connectivity index (χ0v) is 11.3. The van der Waals surface area contributed by atoms with E-state index in [1.807, 2.05) is 0 Å². The number of Topliss-reactive ketones (excluding diaryl/α,β-unsaturated/α-hetero) is 1. The third-order valence-corrected chi connectivity index (χ3v) is 3.17. The zero-order chi connectivity index (χ0) is 13.8. The molecule has 0 spiro atoms. The van der Waals surface area contributed by atoms with Gasteiger partial charge in [0.05, 0.1) is 5.41 Å². The molecule has 0 aromatic heterocycles. The fourth-order valence-electron chi connectivity index (χ4n) is 1.58. The van der Waals surface area contributed by atoms with E-state index in [0.29, 0.717) is 18.7 Å². The molecule has 0 atom stereocenters. The highest BCUT2D eigenvalue weighted by Crippen LogP contribution is 2.23. The number of carbonyl (C=O) groups excluding carboxylic acids is 1. The van der Waals surface area contributed by atoms with E-state index < -0.39 is 11.4 Å². The van der Waals surface area contributed by atoms with Crippen LogP contribution < -0.4 is 0 Å². The molecule has 0 saturated carbocycles. The van der Waals surface area contributed by atoms with E-state index in [-0.39, 0.29) is 5.78 Å². The lowest BCUT2D eigenvalue weighted by Gasteiger charge is -2.19. The Bertz CT molecular complexity index is 435. The fourth-order valence-corrected chi connectivity index (χ4v) is 1.79. The van der Waals surface area contributed by atoms with Gasteiger partial charge in [0.2, 0.25) is 0 Å². The molecule has 4 heteroatoms. The second kappa shape index (κ2) is 6.01. The van der Waals surface area contributed by atoms with E-state index in [1.165, 1.54) is 0 Å². The van der Waals surface area contributed by atoms with Crippen LogP contribution in [0.2, 0.25) is 0 Å². The molecular formula is C14H17ClO3. The van der Waals surface area contributed by atoms with Gasteiger partial charge in [-0.25, -0.2) is 0 Å². The largest absolute Gasteiger partial charge is 0.481 e. The van der Waals surface area contributed by atoms with E-state index in [9.17, 15) is 9.59 Å². The van der Waals surface area contributed by atoms with E-state index in [1.54, 1.807) is 38.1 Å². The van der Waals surface area contributed by atoms with Gasteiger partial charge in [0, 0.05) is 18.7 Å². The summed E-state index contributed by atoms with van der Waals surface area (Å²) in [6.07, 6.45) is 0.713. The van der Waals surface area contributed by atoms with Crippen LogP contribution in [0.25, 0.3) is 0 Å². The van der Waals surface area contributed by atoms with Crippen molar-refractivity contribution in [3.63, 3.8) is 0 Å². The SMILES string of the molecule is CC(C)(C(=O)O)c1ccc(CC(=O)CCCl)cc1. The van der Waals surface area contributed by atoms with Crippen molar-refractivity contribution >= 4 is 23.4 Å². The van der Waals surface area contributed by atoms with Crippen molar-refractivity contribution in [2.24, 2.45) is 0 Å². The molecule has 0 fully saturated rings. The predicted octanol–water partition coefficient (Wildman–Crippen LogP) is 2.79. The Kier molecular flexibility index (Phi) is 4.91. The average molecular weight is 269 g/mol. The number of ketones is 1. The van der Waals surface area contributed by atoms with Gasteiger partial charge in [0.15, 0.2) is 0 Å². The summed E-state index contributed by atoms with van der Waals surface area (Å²) in [4.78, 5) is 22.5. The van der Waals surface area contributed by atoms with E-state index in [2.05, 4.69) is 0 Å². The van der Waals surface area contributed by atoms with E-state index in [0.717, 1.165) is 11.1 Å². The average Bonchev–Trinajstić information content (AvgIpc) is 2.29. The molecule has 0 aliphatic carbocycles. The van der Waals surface area contributed by atoms with Crippen molar-refractivity contribution in [1.82, 2.24) is 0 Å². The lowest BCUT2D eigenvalue weighted by atomic mass is 9.84. The van der Waals surface area contributed by atoms with Gasteiger partial charge >= 0.3 is 5.97 Å². The smallest absolute Gasteiger partial charge is 0.313 e. The lowest BCUT2D eigenvalue weighted by molar-refractivity contribution is -0.142. The first kappa shape index (κ1) is 14.7. The summed E-state index contributed by atoms with van der Waals surface area (Å²) in [6.45, 7) is 3.31. The molecule has 0 bridgehead atoms. The lowest BCUT2D eigenvalue weighted by Crippen LogP contribution is -2.28. The van der Waals surface area contributed by atoms with Crippen LogP contribution in [0.1, 0.15) is 31.4 Å². The second-order valence-corrected chi connectivity index (χ2v) is 5.16. The number of carboxylic acid groups (broad SMARTS) is 1. The van der Waals surface area contributed by atoms with Gasteiger partial charge in [0.25, 0.3) is 0 Å². The number of rotatable bonds is 6. The molecule has 98 valence electrons. The third-order valence-electron chi connectivity index (χ3n) is 2.98. The minimum absolute atomic E-state index is 0.0928. The number of benzene rings is 1. The highest BCUT2D eigenvalue weighted by molar-refractivity contribution is 6.19. The molecule has 1 N–H and O–H groups in total. The Morgan fingerprint density at radius 1 is 1.22 bits per heavy atom. The summed E-state index contributed by atoms with van der Waals surface area (Å²) in [5.74, 6) is -0.438. The van der Waals surface area contributed by atoms with Crippen LogP contribution in [0.15, 0.2) is 24.3 Å². The van der Waals surface area contributed by atoms with Crippen LogP contribution in [0, 0.1) is 0 Å². The molecule has 0 heterocycles. The van der Waals surface area contributed by atoms with Crippen molar-refractivity contribution in [1.29, 1.82) is 0 Å². The first-order valence-corrected chi connectivity index (χ1v) is 6.32. The Hall–Kier alpha value is -1.35. The van der Waals surface area contributed by atoms with Crippen molar-refractivity contribution in [2.75, 3.05) is 5.88 Å². The van der Waals surface area contributed by atoms with Gasteiger partial charge in [-0.1, -0.05) is 24.3 Å². The van der Waals surface area contributed by atoms with Gasteiger partial charge in [-0.05, 0) is 25.0 Å². The summed E-state index contributed by atoms with van der Waals surface area (Å²) in [6, 6.07) is 7.12. The minimum Gasteiger partial charge on any atom is -0.481 e. The van der Waals surface area contributed by atoms with Crippen molar-refractivity contribution in [3.05, 3.63) is 35.4 Å². The third kappa shape index (κ3) is 3.57. The van der Waals surface area contributed by atoms with Gasteiger partial charge in [-0.15, -0.1) is 11.6 Å². The second-order valence-electron chi connectivity index (χ2n) is 4.78. The van der Waals surface area contributed by atoms with Crippen molar-refractivity contribution < 1.29 is 14.7 Å². The number of carbonyl (C=O) groups is 2. The molecule has 0 radical (unpaired) electrons. The monoisotopic (exact) mass is 268 g/mol. The van der Waals surface area contributed by atoms with Crippen molar-refractivity contribution in [2.45, 2.75) is 32.1 Å². The topological polar surface area (TPSA) is 54.4 Å². The normalized spacial score (nSPS) is 11.3.